The van der Waals surface area contributed by atoms with E-state index in [4.69, 9.17) is 18.9 Å². The minimum atomic E-state index is -0.947. The van der Waals surface area contributed by atoms with Crippen LogP contribution in [0.1, 0.15) is 53.7 Å². The van der Waals surface area contributed by atoms with Crippen LogP contribution >= 0.6 is 0 Å². The average molecular weight is 722 g/mol. The highest BCUT2D eigenvalue weighted by Crippen LogP contribution is 2.23. The molecule has 53 heavy (non-hydrogen) atoms. The fourth-order valence-electron chi connectivity index (χ4n) is 5.62. The maximum Gasteiger partial charge on any atom is 0.410 e. The van der Waals surface area contributed by atoms with Gasteiger partial charge in [-0.15, -0.1) is 0 Å². The van der Waals surface area contributed by atoms with Crippen LogP contribution in [0.15, 0.2) is 109 Å². The molecule has 3 amide bonds. The Hall–Kier alpha value is -6.17. The number of carbonyl (C=O) groups is 5. The van der Waals surface area contributed by atoms with Crippen LogP contribution in [-0.2, 0) is 48.4 Å². The molecule has 0 aromatic heterocycles. The van der Waals surface area contributed by atoms with Gasteiger partial charge in [-0.25, -0.2) is 9.59 Å². The summed E-state index contributed by atoms with van der Waals surface area (Å²) in [4.78, 5) is 65.5. The first-order valence-corrected chi connectivity index (χ1v) is 17.4. The van der Waals surface area contributed by atoms with Gasteiger partial charge < -0.3 is 29.6 Å². The summed E-state index contributed by atoms with van der Waals surface area (Å²) < 4.78 is 22.0. The van der Waals surface area contributed by atoms with E-state index < -0.39 is 48.5 Å². The SMILES string of the molecule is CC(C)C(NC(=O)[C@@H]1CCCN1C(=O)OCc1ccccc1)C(=O)NCC(=O)OCc1ccc(C(=O)OCc2cccc(Oc3ccccc3)c2)cc1. The Morgan fingerprint density at radius 2 is 1.34 bits per heavy atom. The molecule has 1 aliphatic heterocycles. The summed E-state index contributed by atoms with van der Waals surface area (Å²) in [5.74, 6) is -1.20. The highest BCUT2D eigenvalue weighted by Gasteiger charge is 2.37. The van der Waals surface area contributed by atoms with Gasteiger partial charge in [0, 0.05) is 6.54 Å². The number of hydrogen-bond donors (Lipinski definition) is 2. The number of hydrogen-bond acceptors (Lipinski definition) is 9. The molecule has 4 aromatic rings. The molecular weight excluding hydrogens is 678 g/mol. The average Bonchev–Trinajstić information content (AvgIpc) is 3.68. The third-order valence-corrected chi connectivity index (χ3v) is 8.49. The summed E-state index contributed by atoms with van der Waals surface area (Å²) >= 11 is 0. The first-order valence-electron chi connectivity index (χ1n) is 17.4. The van der Waals surface area contributed by atoms with Gasteiger partial charge in [0.1, 0.15) is 49.9 Å². The van der Waals surface area contributed by atoms with Crippen molar-refractivity contribution in [2.75, 3.05) is 13.1 Å². The maximum absolute atomic E-state index is 13.2. The fraction of sp³-hybridized carbons (Fsp3) is 0.293. The van der Waals surface area contributed by atoms with E-state index in [1.54, 1.807) is 44.2 Å². The second kappa shape index (κ2) is 18.9. The Kier molecular flexibility index (Phi) is 13.6. The standard InChI is InChI=1S/C41H43N3O9/c1-28(2)37(43-38(46)35-17-10-22-44(35)41(49)52-26-29-11-5-3-6-12-29)39(47)42-24-36(45)50-25-30-18-20-32(21-19-30)40(48)51-27-31-13-9-16-34(23-31)53-33-14-7-4-8-15-33/h3-9,11-16,18-21,23,28,35,37H,10,17,22,24-27H2,1-2H3,(H,42,47)(H,43,46)/t35-,37?/m0/s1. The second-order valence-corrected chi connectivity index (χ2v) is 12.8. The van der Waals surface area contributed by atoms with Crippen molar-refractivity contribution in [3.05, 3.63) is 131 Å². The van der Waals surface area contributed by atoms with Crippen molar-refractivity contribution in [2.24, 2.45) is 5.92 Å². The molecule has 0 aliphatic carbocycles. The molecule has 1 saturated heterocycles. The van der Waals surface area contributed by atoms with E-state index in [0.29, 0.717) is 42.0 Å². The monoisotopic (exact) mass is 721 g/mol. The van der Waals surface area contributed by atoms with Gasteiger partial charge in [0.2, 0.25) is 11.8 Å². The lowest BCUT2D eigenvalue weighted by atomic mass is 10.0. The van der Waals surface area contributed by atoms with Crippen molar-refractivity contribution in [2.45, 2.75) is 58.6 Å². The van der Waals surface area contributed by atoms with Gasteiger partial charge in [0.05, 0.1) is 5.56 Å². The summed E-state index contributed by atoms with van der Waals surface area (Å²) in [5.41, 5.74) is 2.55. The summed E-state index contributed by atoms with van der Waals surface area (Å²) in [5, 5.41) is 5.28. The lowest BCUT2D eigenvalue weighted by Gasteiger charge is -2.27. The molecule has 1 fully saturated rings. The van der Waals surface area contributed by atoms with E-state index in [-0.39, 0.29) is 25.7 Å². The molecule has 0 radical (unpaired) electrons. The first-order chi connectivity index (χ1) is 25.7. The summed E-state index contributed by atoms with van der Waals surface area (Å²) in [6, 6.07) is 30.6. The Balaban J connectivity index is 1.03. The normalized spacial score (nSPS) is 14.2. The molecule has 2 atom stereocenters. The number of nitrogens with zero attached hydrogens (tertiary/aromatic N) is 1. The largest absolute Gasteiger partial charge is 0.460 e. The molecule has 276 valence electrons. The second-order valence-electron chi connectivity index (χ2n) is 12.8. The first kappa shape index (κ1) is 38.1. The van der Waals surface area contributed by atoms with Crippen molar-refractivity contribution >= 4 is 29.8 Å². The molecule has 12 nitrogen and oxygen atoms in total. The number of ether oxygens (including phenoxy) is 4. The van der Waals surface area contributed by atoms with Gasteiger partial charge in [-0.1, -0.05) is 86.6 Å². The van der Waals surface area contributed by atoms with Crippen molar-refractivity contribution in [1.29, 1.82) is 0 Å². The molecule has 5 rings (SSSR count). The molecular formula is C41H43N3O9. The molecule has 0 bridgehead atoms. The molecule has 0 saturated carbocycles. The summed E-state index contributed by atoms with van der Waals surface area (Å²) in [6.45, 7) is 3.54. The fourth-order valence-corrected chi connectivity index (χ4v) is 5.62. The molecule has 0 spiro atoms. The lowest BCUT2D eigenvalue weighted by Crippen LogP contribution is -2.55. The van der Waals surface area contributed by atoms with Crippen LogP contribution in [0.4, 0.5) is 4.79 Å². The smallest absolute Gasteiger partial charge is 0.410 e. The number of amides is 3. The number of esters is 2. The minimum absolute atomic E-state index is 0.0557. The zero-order chi connectivity index (χ0) is 37.6. The van der Waals surface area contributed by atoms with Crippen LogP contribution in [0.5, 0.6) is 11.5 Å². The minimum Gasteiger partial charge on any atom is -0.460 e. The van der Waals surface area contributed by atoms with Crippen molar-refractivity contribution < 1.29 is 42.9 Å². The maximum atomic E-state index is 13.2. The van der Waals surface area contributed by atoms with Gasteiger partial charge in [-0.05, 0) is 71.8 Å². The molecule has 1 aliphatic rings. The van der Waals surface area contributed by atoms with E-state index in [0.717, 1.165) is 11.1 Å². The summed E-state index contributed by atoms with van der Waals surface area (Å²) in [7, 11) is 0. The van der Waals surface area contributed by atoms with Crippen LogP contribution in [0.3, 0.4) is 0 Å². The van der Waals surface area contributed by atoms with Gasteiger partial charge >= 0.3 is 18.0 Å². The Labute approximate surface area is 308 Å². The number of likely N-dealkylation sites (tertiary alicyclic amines) is 1. The Bertz CT molecular complexity index is 1850. The van der Waals surface area contributed by atoms with E-state index in [9.17, 15) is 24.0 Å². The van der Waals surface area contributed by atoms with Gasteiger partial charge in [0.25, 0.3) is 0 Å². The highest BCUT2D eigenvalue weighted by atomic mass is 16.6. The van der Waals surface area contributed by atoms with Crippen LogP contribution < -0.4 is 15.4 Å². The topological polar surface area (TPSA) is 150 Å². The number of para-hydroxylation sites is 1. The van der Waals surface area contributed by atoms with Gasteiger partial charge in [0.15, 0.2) is 0 Å². The number of benzene rings is 4. The van der Waals surface area contributed by atoms with Crippen LogP contribution in [0.2, 0.25) is 0 Å². The molecule has 1 unspecified atom stereocenters. The van der Waals surface area contributed by atoms with E-state index in [1.807, 2.05) is 78.9 Å². The van der Waals surface area contributed by atoms with Gasteiger partial charge in [-0.3, -0.25) is 19.3 Å². The zero-order valence-corrected chi connectivity index (χ0v) is 29.7. The molecule has 4 aromatic carbocycles. The molecule has 1 heterocycles. The Morgan fingerprint density at radius 1 is 0.717 bits per heavy atom. The van der Waals surface area contributed by atoms with Crippen molar-refractivity contribution in [1.82, 2.24) is 15.5 Å². The third kappa shape index (κ3) is 11.4. The van der Waals surface area contributed by atoms with Crippen molar-refractivity contribution in [3.8, 4) is 11.5 Å². The highest BCUT2D eigenvalue weighted by molar-refractivity contribution is 5.93. The molecule has 2 N–H and O–H groups in total. The zero-order valence-electron chi connectivity index (χ0n) is 29.7. The number of nitrogens with one attached hydrogen (secondary N) is 2. The molecule has 12 heteroatoms. The third-order valence-electron chi connectivity index (χ3n) is 8.49. The number of rotatable bonds is 15. The Morgan fingerprint density at radius 3 is 2.06 bits per heavy atom. The van der Waals surface area contributed by atoms with Crippen molar-refractivity contribution in [3.63, 3.8) is 0 Å². The van der Waals surface area contributed by atoms with Gasteiger partial charge in [-0.2, -0.15) is 0 Å². The predicted molar refractivity (Wildman–Crippen MR) is 194 cm³/mol. The summed E-state index contributed by atoms with van der Waals surface area (Å²) in [6.07, 6.45) is 0.464. The predicted octanol–water partition coefficient (Wildman–Crippen LogP) is 5.94. The van der Waals surface area contributed by atoms with Crippen LogP contribution in [0.25, 0.3) is 0 Å². The van der Waals surface area contributed by atoms with Crippen LogP contribution in [-0.4, -0.2) is 59.9 Å². The number of carbonyl (C=O) groups excluding carboxylic acids is 5. The quantitative estimate of drug-likeness (QED) is 0.112. The van der Waals surface area contributed by atoms with Crippen LogP contribution in [0, 0.1) is 5.92 Å². The lowest BCUT2D eigenvalue weighted by molar-refractivity contribution is -0.145. The van der Waals surface area contributed by atoms with E-state index >= 15 is 0 Å². The van der Waals surface area contributed by atoms with E-state index in [1.165, 1.54) is 4.90 Å². The van der Waals surface area contributed by atoms with E-state index in [2.05, 4.69) is 10.6 Å².